The standard InChI is InChI=1S/C17H22N2O2/c20-17(21)15-3-1-2-13-10-19(9-6-14(13)15)16-11-18-7-4-12(16)5-8-18/h1-3,12,16H,4-11H2,(H,20,21). The molecule has 4 aliphatic rings. The number of hydrogen-bond acceptors (Lipinski definition) is 3. The minimum atomic E-state index is -0.789. The molecule has 0 radical (unpaired) electrons. The summed E-state index contributed by atoms with van der Waals surface area (Å²) in [5.74, 6) is 0.0577. The number of piperidine rings is 3. The summed E-state index contributed by atoms with van der Waals surface area (Å²) in [4.78, 5) is 16.5. The molecule has 112 valence electrons. The van der Waals surface area contributed by atoms with Gasteiger partial charge in [-0.1, -0.05) is 12.1 Å². The van der Waals surface area contributed by atoms with Crippen LogP contribution in [0.25, 0.3) is 0 Å². The number of benzene rings is 1. The number of carboxylic acids is 1. The van der Waals surface area contributed by atoms with E-state index in [0.29, 0.717) is 11.6 Å². The fraction of sp³-hybridized carbons (Fsp3) is 0.588. The quantitative estimate of drug-likeness (QED) is 0.901. The number of hydrogen-bond donors (Lipinski definition) is 1. The highest BCUT2D eigenvalue weighted by molar-refractivity contribution is 5.89. The lowest BCUT2D eigenvalue weighted by atomic mass is 9.82. The van der Waals surface area contributed by atoms with E-state index in [1.54, 1.807) is 6.07 Å². The second-order valence-corrected chi connectivity index (χ2v) is 6.67. The molecule has 1 aromatic carbocycles. The first-order chi connectivity index (χ1) is 10.2. The second kappa shape index (κ2) is 5.11. The molecular formula is C17H22N2O2. The molecule has 0 spiro atoms. The lowest BCUT2D eigenvalue weighted by molar-refractivity contribution is -0.000908. The number of nitrogens with zero attached hydrogens (tertiary/aromatic N) is 2. The zero-order chi connectivity index (χ0) is 14.4. The average Bonchev–Trinajstić information content (AvgIpc) is 2.54. The first-order valence-corrected chi connectivity index (χ1v) is 8.03. The molecule has 4 aliphatic heterocycles. The molecule has 4 heterocycles. The molecule has 5 rings (SSSR count). The highest BCUT2D eigenvalue weighted by Crippen LogP contribution is 2.34. The number of aromatic carboxylic acids is 1. The zero-order valence-electron chi connectivity index (χ0n) is 12.3. The summed E-state index contributed by atoms with van der Waals surface area (Å²) in [5, 5.41) is 9.32. The maximum atomic E-state index is 11.3. The molecule has 0 amide bonds. The van der Waals surface area contributed by atoms with E-state index in [0.717, 1.165) is 31.0 Å². The normalized spacial score (nSPS) is 31.9. The predicted molar refractivity (Wildman–Crippen MR) is 80.5 cm³/mol. The summed E-state index contributed by atoms with van der Waals surface area (Å²) < 4.78 is 0. The molecule has 1 aromatic rings. The molecule has 1 atom stereocenters. The van der Waals surface area contributed by atoms with Crippen molar-refractivity contribution in [2.45, 2.75) is 31.8 Å². The van der Waals surface area contributed by atoms with Crippen LogP contribution >= 0.6 is 0 Å². The Hall–Kier alpha value is -1.39. The van der Waals surface area contributed by atoms with E-state index in [-0.39, 0.29) is 0 Å². The third-order valence-corrected chi connectivity index (χ3v) is 5.62. The zero-order valence-corrected chi connectivity index (χ0v) is 12.3. The SMILES string of the molecule is O=C(O)c1cccc2c1CCN(C1CN3CCC1CC3)C2. The van der Waals surface area contributed by atoms with E-state index in [1.165, 1.54) is 38.0 Å². The number of carbonyl (C=O) groups is 1. The smallest absolute Gasteiger partial charge is 0.335 e. The van der Waals surface area contributed by atoms with Gasteiger partial charge in [0.25, 0.3) is 0 Å². The molecule has 21 heavy (non-hydrogen) atoms. The minimum Gasteiger partial charge on any atom is -0.478 e. The van der Waals surface area contributed by atoms with Crippen molar-refractivity contribution in [2.75, 3.05) is 26.2 Å². The lowest BCUT2D eigenvalue weighted by Gasteiger charge is -2.50. The van der Waals surface area contributed by atoms with Gasteiger partial charge in [-0.2, -0.15) is 0 Å². The van der Waals surface area contributed by atoms with Gasteiger partial charge in [0.05, 0.1) is 5.56 Å². The molecular weight excluding hydrogens is 264 g/mol. The van der Waals surface area contributed by atoms with Gasteiger partial charge < -0.3 is 10.0 Å². The highest BCUT2D eigenvalue weighted by atomic mass is 16.4. The van der Waals surface area contributed by atoms with Gasteiger partial charge in [-0.3, -0.25) is 4.90 Å². The van der Waals surface area contributed by atoms with Crippen LogP contribution in [0.3, 0.4) is 0 Å². The van der Waals surface area contributed by atoms with Crippen molar-refractivity contribution in [1.82, 2.24) is 9.80 Å². The van der Waals surface area contributed by atoms with Crippen LogP contribution in [0, 0.1) is 5.92 Å². The maximum absolute atomic E-state index is 11.3. The van der Waals surface area contributed by atoms with Gasteiger partial charge in [-0.05, 0) is 55.5 Å². The van der Waals surface area contributed by atoms with Gasteiger partial charge >= 0.3 is 5.97 Å². The van der Waals surface area contributed by atoms with Gasteiger partial charge in [0, 0.05) is 25.7 Å². The van der Waals surface area contributed by atoms with Crippen molar-refractivity contribution >= 4 is 5.97 Å². The Kier molecular flexibility index (Phi) is 3.23. The maximum Gasteiger partial charge on any atom is 0.335 e. The van der Waals surface area contributed by atoms with E-state index in [1.807, 2.05) is 6.07 Å². The van der Waals surface area contributed by atoms with E-state index in [2.05, 4.69) is 15.9 Å². The molecule has 4 heteroatoms. The average molecular weight is 286 g/mol. The predicted octanol–water partition coefficient (Wildman–Crippen LogP) is 1.84. The molecule has 3 fully saturated rings. The monoisotopic (exact) mass is 286 g/mol. The van der Waals surface area contributed by atoms with Crippen molar-refractivity contribution in [3.05, 3.63) is 34.9 Å². The Balaban J connectivity index is 1.57. The molecule has 0 aliphatic carbocycles. The van der Waals surface area contributed by atoms with Crippen molar-refractivity contribution < 1.29 is 9.90 Å². The van der Waals surface area contributed by atoms with Crippen LogP contribution in [0.15, 0.2) is 18.2 Å². The Morgan fingerprint density at radius 2 is 2.00 bits per heavy atom. The molecule has 1 unspecified atom stereocenters. The summed E-state index contributed by atoms with van der Waals surface area (Å²) in [6, 6.07) is 6.41. The Labute approximate surface area is 125 Å². The summed E-state index contributed by atoms with van der Waals surface area (Å²) in [6.07, 6.45) is 3.55. The van der Waals surface area contributed by atoms with Crippen molar-refractivity contribution in [1.29, 1.82) is 0 Å². The fourth-order valence-corrected chi connectivity index (χ4v) is 4.46. The van der Waals surface area contributed by atoms with Crippen molar-refractivity contribution in [3.63, 3.8) is 0 Å². The molecule has 2 bridgehead atoms. The van der Waals surface area contributed by atoms with E-state index in [4.69, 9.17) is 0 Å². The lowest BCUT2D eigenvalue weighted by Crippen LogP contribution is -2.58. The number of carboxylic acid groups (broad SMARTS) is 1. The van der Waals surface area contributed by atoms with Gasteiger partial charge in [0.15, 0.2) is 0 Å². The Morgan fingerprint density at radius 1 is 1.19 bits per heavy atom. The summed E-state index contributed by atoms with van der Waals surface area (Å²) in [6.45, 7) is 5.68. The molecule has 0 saturated carbocycles. The van der Waals surface area contributed by atoms with E-state index < -0.39 is 5.97 Å². The van der Waals surface area contributed by atoms with Gasteiger partial charge in [-0.15, -0.1) is 0 Å². The summed E-state index contributed by atoms with van der Waals surface area (Å²) >= 11 is 0. The number of rotatable bonds is 2. The third kappa shape index (κ3) is 2.27. The van der Waals surface area contributed by atoms with Crippen LogP contribution < -0.4 is 0 Å². The first kappa shape index (κ1) is 13.3. The fourth-order valence-electron chi connectivity index (χ4n) is 4.46. The molecule has 3 saturated heterocycles. The summed E-state index contributed by atoms with van der Waals surface area (Å²) in [5.41, 5.74) is 2.78. The second-order valence-electron chi connectivity index (χ2n) is 6.67. The molecule has 1 N–H and O–H groups in total. The van der Waals surface area contributed by atoms with Gasteiger partial charge in [0.1, 0.15) is 0 Å². The third-order valence-electron chi connectivity index (χ3n) is 5.62. The first-order valence-electron chi connectivity index (χ1n) is 8.03. The Morgan fingerprint density at radius 3 is 2.67 bits per heavy atom. The largest absolute Gasteiger partial charge is 0.478 e. The molecule has 0 aromatic heterocycles. The van der Waals surface area contributed by atoms with Crippen LogP contribution in [-0.4, -0.2) is 53.1 Å². The van der Waals surface area contributed by atoms with Crippen LogP contribution in [0.1, 0.15) is 34.3 Å². The molecule has 4 nitrogen and oxygen atoms in total. The van der Waals surface area contributed by atoms with E-state index in [9.17, 15) is 9.90 Å². The van der Waals surface area contributed by atoms with E-state index >= 15 is 0 Å². The Bertz CT molecular complexity index is 564. The van der Waals surface area contributed by atoms with Gasteiger partial charge in [0.2, 0.25) is 0 Å². The van der Waals surface area contributed by atoms with Crippen LogP contribution in [0.4, 0.5) is 0 Å². The van der Waals surface area contributed by atoms with Crippen LogP contribution in [-0.2, 0) is 13.0 Å². The summed E-state index contributed by atoms with van der Waals surface area (Å²) in [7, 11) is 0. The topological polar surface area (TPSA) is 43.8 Å². The minimum absolute atomic E-state index is 0.501. The van der Waals surface area contributed by atoms with Crippen molar-refractivity contribution in [2.24, 2.45) is 5.92 Å². The van der Waals surface area contributed by atoms with Crippen LogP contribution in [0.5, 0.6) is 0 Å². The van der Waals surface area contributed by atoms with Crippen LogP contribution in [0.2, 0.25) is 0 Å². The highest BCUT2D eigenvalue weighted by Gasteiger charge is 2.38. The van der Waals surface area contributed by atoms with Crippen molar-refractivity contribution in [3.8, 4) is 0 Å². The van der Waals surface area contributed by atoms with Gasteiger partial charge in [-0.25, -0.2) is 4.79 Å². The number of fused-ring (bicyclic) bond motifs is 4.